The maximum Gasteiger partial charge on any atom is 0.433 e. The van der Waals surface area contributed by atoms with Gasteiger partial charge in [0.1, 0.15) is 5.69 Å². The Labute approximate surface area is 172 Å². The summed E-state index contributed by atoms with van der Waals surface area (Å²) in [6, 6.07) is 8.39. The minimum absolute atomic E-state index is 0.0511. The van der Waals surface area contributed by atoms with Gasteiger partial charge in [-0.1, -0.05) is 18.2 Å². The van der Waals surface area contributed by atoms with E-state index in [2.05, 4.69) is 15.2 Å². The summed E-state index contributed by atoms with van der Waals surface area (Å²) in [5.41, 5.74) is -3.38. The second-order valence-corrected chi connectivity index (χ2v) is 6.31. The number of methoxy groups -OCH3 is 2. The van der Waals surface area contributed by atoms with Gasteiger partial charge in [0.05, 0.1) is 37.5 Å². The number of hydrogen-bond donors (Lipinski definition) is 0. The van der Waals surface area contributed by atoms with Crippen molar-refractivity contribution in [1.29, 1.82) is 0 Å². The Morgan fingerprint density at radius 1 is 0.871 bits per heavy atom. The third-order valence-corrected chi connectivity index (χ3v) is 4.29. The zero-order valence-corrected chi connectivity index (χ0v) is 16.2. The molecule has 3 aromatic rings. The molecule has 164 valence electrons. The van der Waals surface area contributed by atoms with Crippen LogP contribution in [0.3, 0.4) is 0 Å². The highest BCUT2D eigenvalue weighted by Gasteiger charge is 2.37. The van der Waals surface area contributed by atoms with E-state index in [0.29, 0.717) is 29.2 Å². The van der Waals surface area contributed by atoms with Gasteiger partial charge in [0.2, 0.25) is 0 Å². The van der Waals surface area contributed by atoms with E-state index in [1.165, 1.54) is 20.3 Å². The average molecular weight is 443 g/mol. The second-order valence-electron chi connectivity index (χ2n) is 6.31. The lowest BCUT2D eigenvalue weighted by Gasteiger charge is -2.13. The molecule has 31 heavy (non-hydrogen) atoms. The van der Waals surface area contributed by atoms with Crippen molar-refractivity contribution < 1.29 is 35.8 Å². The maximum absolute atomic E-state index is 13.3. The van der Waals surface area contributed by atoms with Crippen LogP contribution in [0.15, 0.2) is 52.7 Å². The predicted octanol–water partition coefficient (Wildman–Crippen LogP) is 6.57. The maximum atomic E-state index is 13.3. The number of pyridine rings is 1. The third kappa shape index (κ3) is 4.86. The molecular weight excluding hydrogens is 428 g/mol. The quantitative estimate of drug-likeness (QED) is 0.331. The minimum atomic E-state index is -4.96. The summed E-state index contributed by atoms with van der Waals surface area (Å²) in [6.07, 6.45) is -9.84. The summed E-state index contributed by atoms with van der Waals surface area (Å²) in [5.74, 6) is 0.886. The van der Waals surface area contributed by atoms with Crippen LogP contribution in [0, 0.1) is 0 Å². The molecule has 11 heteroatoms. The van der Waals surface area contributed by atoms with Gasteiger partial charge in [-0.05, 0) is 29.8 Å². The molecule has 5 nitrogen and oxygen atoms in total. The van der Waals surface area contributed by atoms with Crippen LogP contribution in [0.25, 0.3) is 10.9 Å². The molecule has 0 unspecified atom stereocenters. The lowest BCUT2D eigenvalue weighted by molar-refractivity contribution is -0.142. The molecule has 0 N–H and O–H groups in total. The Kier molecular flexibility index (Phi) is 6.05. The Balaban J connectivity index is 2.05. The van der Waals surface area contributed by atoms with Crippen LogP contribution < -0.4 is 9.47 Å². The van der Waals surface area contributed by atoms with Crippen molar-refractivity contribution in [3.63, 3.8) is 0 Å². The number of fused-ring (bicyclic) bond motifs is 1. The highest BCUT2D eigenvalue weighted by Crippen LogP contribution is 2.40. The Morgan fingerprint density at radius 3 is 2.19 bits per heavy atom. The van der Waals surface area contributed by atoms with Crippen molar-refractivity contribution >= 4 is 16.6 Å². The first-order valence-corrected chi connectivity index (χ1v) is 8.71. The van der Waals surface area contributed by atoms with E-state index in [0.717, 1.165) is 6.07 Å². The normalized spacial score (nSPS) is 12.5. The SMILES string of the molecule is COc1ccc(CN=Nc2cc(C(F)(F)F)nc3c(C(F)(F)F)cccc23)cc1OC. The molecule has 0 fully saturated rings. The minimum Gasteiger partial charge on any atom is -0.493 e. The van der Waals surface area contributed by atoms with Crippen LogP contribution in [-0.2, 0) is 18.9 Å². The van der Waals surface area contributed by atoms with E-state index in [1.54, 1.807) is 18.2 Å². The van der Waals surface area contributed by atoms with Crippen LogP contribution in [0.2, 0.25) is 0 Å². The summed E-state index contributed by atoms with van der Waals surface area (Å²) in [4.78, 5) is 3.20. The Morgan fingerprint density at radius 2 is 1.58 bits per heavy atom. The number of nitrogens with zero attached hydrogens (tertiary/aromatic N) is 3. The second kappa shape index (κ2) is 8.40. The van der Waals surface area contributed by atoms with Gasteiger partial charge in [-0.15, -0.1) is 0 Å². The molecule has 0 amide bonds. The molecule has 1 heterocycles. The highest BCUT2D eigenvalue weighted by atomic mass is 19.4. The van der Waals surface area contributed by atoms with Gasteiger partial charge in [0, 0.05) is 5.39 Å². The summed E-state index contributed by atoms with van der Waals surface area (Å²) < 4.78 is 89.8. The predicted molar refractivity (Wildman–Crippen MR) is 99.5 cm³/mol. The van der Waals surface area contributed by atoms with E-state index in [1.807, 2.05) is 0 Å². The molecule has 0 atom stereocenters. The molecule has 0 aliphatic rings. The van der Waals surface area contributed by atoms with Crippen molar-refractivity contribution in [1.82, 2.24) is 4.98 Å². The topological polar surface area (TPSA) is 56.1 Å². The van der Waals surface area contributed by atoms with Gasteiger partial charge in [-0.3, -0.25) is 0 Å². The fourth-order valence-electron chi connectivity index (χ4n) is 2.86. The molecule has 0 aliphatic carbocycles. The van der Waals surface area contributed by atoms with E-state index in [-0.39, 0.29) is 17.6 Å². The zero-order valence-electron chi connectivity index (χ0n) is 16.2. The molecule has 0 radical (unpaired) electrons. The average Bonchev–Trinajstić information content (AvgIpc) is 2.71. The van der Waals surface area contributed by atoms with E-state index in [4.69, 9.17) is 9.47 Å². The third-order valence-electron chi connectivity index (χ3n) is 4.29. The molecule has 0 saturated carbocycles. The molecular formula is C20H15F6N3O2. The Hall–Kier alpha value is -3.37. The standard InChI is InChI=1S/C20H15F6N3O2/c1-30-15-7-6-11(8-16(15)31-2)10-27-29-14-9-17(20(24,25)26)28-18-12(14)4-3-5-13(18)19(21,22)23/h3-9H,10H2,1-2H3. The van der Waals surface area contributed by atoms with Crippen molar-refractivity contribution in [3.05, 3.63) is 59.3 Å². The van der Waals surface area contributed by atoms with Crippen LogP contribution in [0.5, 0.6) is 11.5 Å². The van der Waals surface area contributed by atoms with E-state index < -0.39 is 29.1 Å². The van der Waals surface area contributed by atoms with Crippen LogP contribution >= 0.6 is 0 Å². The number of hydrogen-bond acceptors (Lipinski definition) is 5. The monoisotopic (exact) mass is 443 g/mol. The number of benzene rings is 2. The number of aromatic nitrogens is 1. The van der Waals surface area contributed by atoms with Crippen molar-refractivity contribution in [2.45, 2.75) is 18.9 Å². The van der Waals surface area contributed by atoms with E-state index in [9.17, 15) is 26.3 Å². The van der Waals surface area contributed by atoms with Gasteiger partial charge in [0.25, 0.3) is 0 Å². The number of azo groups is 1. The summed E-state index contributed by atoms with van der Waals surface area (Å²) >= 11 is 0. The summed E-state index contributed by atoms with van der Waals surface area (Å²) in [6.45, 7) is -0.0511. The zero-order chi connectivity index (χ0) is 22.8. The first-order chi connectivity index (χ1) is 14.5. The number of alkyl halides is 6. The fourth-order valence-corrected chi connectivity index (χ4v) is 2.86. The smallest absolute Gasteiger partial charge is 0.433 e. The van der Waals surface area contributed by atoms with Gasteiger partial charge in [-0.25, -0.2) is 4.98 Å². The number of ether oxygens (including phenoxy) is 2. The summed E-state index contributed by atoms with van der Waals surface area (Å²) in [7, 11) is 2.89. The molecule has 0 bridgehead atoms. The first kappa shape index (κ1) is 22.3. The Bertz CT molecular complexity index is 1130. The number of rotatable bonds is 5. The van der Waals surface area contributed by atoms with Crippen LogP contribution in [0.1, 0.15) is 16.8 Å². The fraction of sp³-hybridized carbons (Fsp3) is 0.250. The van der Waals surface area contributed by atoms with Gasteiger partial charge in [0.15, 0.2) is 11.5 Å². The number of halogens is 6. The highest BCUT2D eigenvalue weighted by molar-refractivity contribution is 5.92. The summed E-state index contributed by atoms with van der Waals surface area (Å²) in [5, 5.41) is 7.44. The molecule has 0 saturated heterocycles. The molecule has 1 aromatic heterocycles. The number of para-hydroxylation sites is 1. The van der Waals surface area contributed by atoms with E-state index >= 15 is 0 Å². The molecule has 0 spiro atoms. The van der Waals surface area contributed by atoms with Crippen LogP contribution in [-0.4, -0.2) is 19.2 Å². The van der Waals surface area contributed by atoms with Crippen molar-refractivity contribution in [2.24, 2.45) is 10.2 Å². The molecule has 2 aromatic carbocycles. The lowest BCUT2D eigenvalue weighted by Crippen LogP contribution is -2.11. The van der Waals surface area contributed by atoms with Crippen LogP contribution in [0.4, 0.5) is 32.0 Å². The van der Waals surface area contributed by atoms with Crippen molar-refractivity contribution in [2.75, 3.05) is 14.2 Å². The lowest BCUT2D eigenvalue weighted by atomic mass is 10.1. The van der Waals surface area contributed by atoms with Crippen molar-refractivity contribution in [3.8, 4) is 11.5 Å². The largest absolute Gasteiger partial charge is 0.493 e. The van der Waals surface area contributed by atoms with Gasteiger partial charge in [-0.2, -0.15) is 36.6 Å². The first-order valence-electron chi connectivity index (χ1n) is 8.71. The van der Waals surface area contributed by atoms with Gasteiger partial charge < -0.3 is 9.47 Å². The molecule has 0 aliphatic heterocycles. The molecule has 3 rings (SSSR count). The van der Waals surface area contributed by atoms with Gasteiger partial charge >= 0.3 is 12.4 Å².